The molecule has 0 aliphatic carbocycles. The van der Waals surface area contributed by atoms with E-state index in [9.17, 15) is 126 Å². The molecule has 109 heavy (non-hydrogen) atoms. The molecule has 0 aromatic carbocycles. The Hall–Kier alpha value is -5.45. The minimum Gasteiger partial charge on any atom is -0.481 e. The number of amides is 4. The predicted molar refractivity (Wildman–Crippen MR) is 367 cm³/mol. The van der Waals surface area contributed by atoms with Crippen LogP contribution >= 0.6 is 70.5 Å². The molecule has 2 aliphatic heterocycles. The van der Waals surface area contributed by atoms with Crippen molar-refractivity contribution in [3.05, 3.63) is 25.3 Å². The molecule has 2 fully saturated rings. The standard InChI is InChI=1S/C27H44N7O20P3S.C23H38N7O17P3S/c1-26(2,21(40)24(41)30-5-4-15(35)29-6-7-58-17(38)9-27(3,42)8-16(36)37)11-51-57(48,49)54-56(46,47)50-10-14-20(53-55(43,44)45)19(39)25(52-14)34-13-33-18-22(28)31-12-32-23(18)34;1-12(31)51-7-6-25-14(32)4-5-26-21(35)18(34)23(2,3)9-44-50(41,42)47-49(39,40)43-8-13-17(46-48(36,37)38)16(33)22(45-13)30-11-29-15-19(24)27-10-28-20(15)30/h12-14,19-21,25,39-40,42H,4-11H2,1-3H3,(H,29,35)(H,30,41)(H,36,37)(H,46,47)(H,48,49)(H2,28,31,32)(H2,43,44,45);10-11,13,16-18,22,33-34H,4-9H2,1-3H3,(H,25,32)(H,26,35)(H,39,40)(H,41,42)(H2,24,27,28)(H2,36,37,38)/t14-,19-,20-,21+,25-,27?;13-,16-,17-,18+,22-/m11/s1. The number of nitrogens with two attached hydrogens (primary N) is 2. The Morgan fingerprint density at radius 2 is 0.927 bits per heavy atom. The molecular formula is C50H82N14O37P6S2. The SMILES string of the molecule is CC(=O)SCCNC(=O)CCNC(=O)[C@H](O)C(C)(C)COP(=O)(O)OP(=O)(O)OC[C@H]1O[C@@H](n2cnc3c(N)ncnc32)[C@H](O)[C@@H]1OP(=O)(O)O.CC(O)(CC(=O)O)CC(=O)SCCNC(=O)CCNC(=O)[C@H](O)C(C)(C)COP(=O)(O)OP(=O)(O)OC[C@H]1O[C@@H](n2cnc3c(N)ncnc32)[C@H](O)[C@@H]1OP(=O)(O)O. The number of aromatic nitrogens is 8. The number of phosphoric ester groups is 6. The van der Waals surface area contributed by atoms with Crippen LogP contribution in [0.1, 0.15) is 79.7 Å². The molecule has 22 N–H and O–H groups in total. The first kappa shape index (κ1) is 94.1. The molecular weight excluding hydrogens is 1640 g/mol. The van der Waals surface area contributed by atoms with Crippen LogP contribution < -0.4 is 32.7 Å². The van der Waals surface area contributed by atoms with Crippen LogP contribution in [0.3, 0.4) is 0 Å². The summed E-state index contributed by atoms with van der Waals surface area (Å²) in [5.41, 5.74) is 6.70. The average Bonchev–Trinajstić information content (AvgIpc) is 1.62. The van der Waals surface area contributed by atoms with Gasteiger partial charge in [-0.1, -0.05) is 51.2 Å². The second kappa shape index (κ2) is 39.5. The van der Waals surface area contributed by atoms with Gasteiger partial charge in [-0.05, 0) is 6.92 Å². The Bertz CT molecular complexity index is 4170. The smallest absolute Gasteiger partial charge is 0.481 e. The van der Waals surface area contributed by atoms with E-state index >= 15 is 0 Å². The molecule has 0 saturated carbocycles. The molecule has 0 bridgehead atoms. The number of hydrogen-bond acceptors (Lipinski definition) is 38. The lowest BCUT2D eigenvalue weighted by Crippen LogP contribution is -2.46. The molecule has 616 valence electrons. The van der Waals surface area contributed by atoms with Gasteiger partial charge in [-0.2, -0.15) is 8.62 Å². The van der Waals surface area contributed by atoms with Crippen LogP contribution in [0.15, 0.2) is 25.3 Å². The number of carbonyl (C=O) groups is 7. The van der Waals surface area contributed by atoms with Gasteiger partial charge in [-0.3, -0.25) is 69.8 Å². The number of carboxylic acids is 1. The number of imidazole rings is 2. The largest absolute Gasteiger partial charge is 0.481 e. The minimum absolute atomic E-state index is 0.0147. The summed E-state index contributed by atoms with van der Waals surface area (Å²) in [6.07, 6.45) is -15.1. The molecule has 0 spiro atoms. The van der Waals surface area contributed by atoms with E-state index in [1.165, 1.54) is 41.5 Å². The Morgan fingerprint density at radius 3 is 1.28 bits per heavy atom. The van der Waals surface area contributed by atoms with Gasteiger partial charge in [0.1, 0.15) is 72.5 Å². The van der Waals surface area contributed by atoms with Crippen molar-refractivity contribution in [2.24, 2.45) is 10.8 Å². The number of aliphatic hydroxyl groups excluding tert-OH is 4. The summed E-state index contributed by atoms with van der Waals surface area (Å²) in [6.45, 7) is 3.19. The highest BCUT2D eigenvalue weighted by molar-refractivity contribution is 8.13. The Labute approximate surface area is 623 Å². The van der Waals surface area contributed by atoms with Gasteiger partial charge >= 0.3 is 52.9 Å². The highest BCUT2D eigenvalue weighted by atomic mass is 32.2. The second-order valence-electron chi connectivity index (χ2n) is 24.9. The molecule has 4 amide bonds. The number of rotatable bonds is 42. The van der Waals surface area contributed by atoms with Crippen LogP contribution in [0, 0.1) is 10.8 Å². The number of aliphatic carboxylic acids is 1. The van der Waals surface area contributed by atoms with E-state index in [1.54, 1.807) is 0 Å². The summed E-state index contributed by atoms with van der Waals surface area (Å²) >= 11 is 1.80. The van der Waals surface area contributed by atoms with Gasteiger partial charge in [0.25, 0.3) is 0 Å². The summed E-state index contributed by atoms with van der Waals surface area (Å²) in [7, 11) is -32.8. The molecule has 51 nitrogen and oxygen atoms in total. The first-order valence-corrected chi connectivity index (χ1v) is 42.2. The Balaban J connectivity index is 0.000000394. The molecule has 2 aliphatic rings. The van der Waals surface area contributed by atoms with Gasteiger partial charge in [0.15, 0.2) is 45.6 Å². The first-order valence-electron chi connectivity index (χ1n) is 31.1. The number of ether oxygens (including phenoxy) is 2. The third-order valence-electron chi connectivity index (χ3n) is 14.6. The number of carbonyl (C=O) groups excluding carboxylic acids is 6. The summed E-state index contributed by atoms with van der Waals surface area (Å²) < 4.78 is 124. The van der Waals surface area contributed by atoms with E-state index in [-0.39, 0.29) is 83.9 Å². The topological polar surface area (TPSA) is 785 Å². The van der Waals surface area contributed by atoms with E-state index in [0.29, 0.717) is 5.75 Å². The van der Waals surface area contributed by atoms with E-state index in [1.807, 2.05) is 0 Å². The van der Waals surface area contributed by atoms with E-state index in [0.717, 1.165) is 58.0 Å². The molecule has 59 heteroatoms. The average molecular weight is 1720 g/mol. The molecule has 5 unspecified atom stereocenters. The maximum absolute atomic E-state index is 12.7. The second-order valence-corrected chi connectivity index (χ2v) is 35.8. The molecule has 4 aromatic heterocycles. The van der Waals surface area contributed by atoms with Gasteiger partial charge < -0.3 is 112 Å². The summed E-state index contributed by atoms with van der Waals surface area (Å²) in [6, 6.07) is 0. The Kier molecular flexibility index (Phi) is 34.1. The molecule has 0 radical (unpaired) electrons. The molecule has 6 rings (SSSR count). The highest BCUT2D eigenvalue weighted by Crippen LogP contribution is 2.63. The van der Waals surface area contributed by atoms with Crippen molar-refractivity contribution in [1.29, 1.82) is 0 Å². The number of nitrogens with one attached hydrogen (secondary N) is 4. The van der Waals surface area contributed by atoms with Crippen LogP contribution in [0.2, 0.25) is 0 Å². The lowest BCUT2D eigenvalue weighted by Gasteiger charge is -2.30. The number of carboxylic acid groups (broad SMARTS) is 1. The lowest BCUT2D eigenvalue weighted by molar-refractivity contribution is -0.142. The summed E-state index contributed by atoms with van der Waals surface area (Å²) in [4.78, 5) is 184. The van der Waals surface area contributed by atoms with Gasteiger partial charge in [0.05, 0.1) is 51.1 Å². The van der Waals surface area contributed by atoms with Gasteiger partial charge in [-0.15, -0.1) is 0 Å². The summed E-state index contributed by atoms with van der Waals surface area (Å²) in [5, 5.41) is 70.5. The molecule has 6 heterocycles. The van der Waals surface area contributed by atoms with Crippen molar-refractivity contribution in [2.45, 2.75) is 134 Å². The van der Waals surface area contributed by atoms with Crippen molar-refractivity contribution in [2.75, 3.05) is 75.6 Å². The number of nitrogens with zero attached hydrogens (tertiary/aromatic N) is 8. The number of aliphatic hydroxyl groups is 5. The number of nitrogen functional groups attached to an aromatic ring is 2. The van der Waals surface area contributed by atoms with E-state index < -0.39 is 199 Å². The zero-order chi connectivity index (χ0) is 82.2. The van der Waals surface area contributed by atoms with Gasteiger partial charge in [-0.25, -0.2) is 57.3 Å². The van der Waals surface area contributed by atoms with Gasteiger partial charge in [0.2, 0.25) is 23.6 Å². The lowest BCUT2D eigenvalue weighted by atomic mass is 9.87. The fourth-order valence-electron chi connectivity index (χ4n) is 9.37. The maximum atomic E-state index is 12.7. The fraction of sp³-hybridized carbons (Fsp3) is 0.660. The Morgan fingerprint density at radius 1 is 0.560 bits per heavy atom. The molecule has 15 atom stereocenters. The third kappa shape index (κ3) is 30.4. The monoisotopic (exact) mass is 1720 g/mol. The van der Waals surface area contributed by atoms with Crippen molar-refractivity contribution in [3.63, 3.8) is 0 Å². The van der Waals surface area contributed by atoms with E-state index in [2.05, 4.69) is 68.8 Å². The minimum atomic E-state index is -5.60. The van der Waals surface area contributed by atoms with Crippen LogP contribution in [0.5, 0.6) is 0 Å². The normalized spacial score (nSPS) is 22.5. The van der Waals surface area contributed by atoms with Crippen LogP contribution in [0.4, 0.5) is 11.6 Å². The first-order chi connectivity index (χ1) is 50.1. The molecule has 2 saturated heterocycles. The van der Waals surface area contributed by atoms with Crippen molar-refractivity contribution >= 4 is 144 Å². The van der Waals surface area contributed by atoms with Crippen molar-refractivity contribution in [3.8, 4) is 0 Å². The third-order valence-corrected chi connectivity index (χ3v) is 22.5. The number of anilines is 2. The maximum Gasteiger partial charge on any atom is 0.481 e. The fourth-order valence-corrected chi connectivity index (χ4v) is 16.4. The molecule has 4 aromatic rings. The predicted octanol–water partition coefficient (Wildman–Crippen LogP) is -3.03. The number of hydrogen-bond donors (Lipinski definition) is 20. The van der Waals surface area contributed by atoms with Crippen molar-refractivity contribution in [1.82, 2.24) is 60.3 Å². The summed E-state index contributed by atoms with van der Waals surface area (Å²) in [5.74, 6) is -3.90. The van der Waals surface area contributed by atoms with Crippen LogP contribution in [-0.4, -0.2) is 267 Å². The highest BCUT2D eigenvalue weighted by Gasteiger charge is 2.53. The van der Waals surface area contributed by atoms with Gasteiger partial charge in [0, 0.05) is 74.7 Å². The number of fused-ring (bicyclic) bond motifs is 2. The van der Waals surface area contributed by atoms with Crippen molar-refractivity contribution < 1.29 is 176 Å². The quantitative estimate of drug-likeness (QED) is 0.0155. The zero-order valence-electron chi connectivity index (χ0n) is 57.9. The van der Waals surface area contributed by atoms with Crippen LogP contribution in [0.25, 0.3) is 22.3 Å². The zero-order valence-corrected chi connectivity index (χ0v) is 64.9. The van der Waals surface area contributed by atoms with E-state index in [4.69, 9.17) is 44.1 Å². The number of thioether (sulfide) groups is 2. The van der Waals surface area contributed by atoms with Crippen LogP contribution in [-0.2, 0) is 106 Å². The number of phosphoric acid groups is 6.